The molecule has 3 rings (SSSR count). The van der Waals surface area contributed by atoms with E-state index in [-0.39, 0.29) is 17.0 Å². The number of hydrogen-bond donors (Lipinski definition) is 8. The number of nitrogens with one attached hydrogen (secondary N) is 1. The van der Waals surface area contributed by atoms with Crippen molar-refractivity contribution in [3.63, 3.8) is 0 Å². The Labute approximate surface area is 176 Å². The minimum atomic E-state index is -5.72. The molecule has 3 heterocycles. The molecule has 18 nitrogen and oxygen atoms in total. The van der Waals surface area contributed by atoms with Gasteiger partial charge in [0.15, 0.2) is 11.9 Å². The van der Waals surface area contributed by atoms with E-state index in [0.717, 1.165) is 0 Å². The van der Waals surface area contributed by atoms with Crippen LogP contribution in [0.5, 0.6) is 0 Å². The summed E-state index contributed by atoms with van der Waals surface area (Å²) in [6, 6.07) is 1.34. The first-order valence-corrected chi connectivity index (χ1v) is 12.8. The summed E-state index contributed by atoms with van der Waals surface area (Å²) in [5.41, 5.74) is 4.91. The third kappa shape index (κ3) is 5.70. The second-order valence-electron chi connectivity index (χ2n) is 6.34. The summed E-state index contributed by atoms with van der Waals surface area (Å²) in [5, 5.41) is 20.5. The van der Waals surface area contributed by atoms with E-state index < -0.39 is 60.2 Å². The maximum absolute atomic E-state index is 11.9. The van der Waals surface area contributed by atoms with Gasteiger partial charge in [0.2, 0.25) is 5.95 Å². The number of ether oxygens (including phenoxy) is 1. The Morgan fingerprint density at radius 1 is 1.12 bits per heavy atom. The van der Waals surface area contributed by atoms with Gasteiger partial charge >= 0.3 is 23.5 Å². The van der Waals surface area contributed by atoms with Gasteiger partial charge < -0.3 is 44.8 Å². The highest BCUT2D eigenvalue weighted by atomic mass is 31.3. The minimum Gasteiger partial charge on any atom is -0.387 e. The molecule has 2 unspecified atom stereocenters. The Kier molecular flexibility index (Phi) is 6.83. The van der Waals surface area contributed by atoms with Crippen LogP contribution in [0.15, 0.2) is 17.1 Å². The first kappa shape index (κ1) is 25.1. The Bertz CT molecular complexity index is 1210. The van der Waals surface area contributed by atoms with Gasteiger partial charge in [0.1, 0.15) is 18.3 Å². The number of phosphoric ester groups is 1. The molecule has 0 aliphatic carbocycles. The summed E-state index contributed by atoms with van der Waals surface area (Å²) >= 11 is 0. The van der Waals surface area contributed by atoms with E-state index >= 15 is 0 Å². The van der Waals surface area contributed by atoms with Crippen LogP contribution < -0.4 is 11.3 Å². The van der Waals surface area contributed by atoms with Gasteiger partial charge in [-0.2, -0.15) is 13.6 Å². The molecule has 1 saturated heterocycles. The molecule has 2 aromatic rings. The predicted octanol–water partition coefficient (Wildman–Crippen LogP) is -1.73. The van der Waals surface area contributed by atoms with Crippen LogP contribution in [0.2, 0.25) is 0 Å². The molecular weight excluding hydrogens is 505 g/mol. The van der Waals surface area contributed by atoms with E-state index in [4.69, 9.17) is 25.2 Å². The molecule has 1 aliphatic rings. The number of aromatic amines is 1. The van der Waals surface area contributed by atoms with Crippen molar-refractivity contribution >= 4 is 40.4 Å². The number of phosphoric acid groups is 3. The van der Waals surface area contributed by atoms with E-state index in [0.29, 0.717) is 0 Å². The Morgan fingerprint density at radius 2 is 1.78 bits per heavy atom. The Balaban J connectivity index is 1.72. The van der Waals surface area contributed by atoms with Gasteiger partial charge in [-0.3, -0.25) is 14.3 Å². The SMILES string of the molecule is Nc1nc2c(ccn2[C@@H]2O[C@H](COP(=O)(O)OP(=O)(O)OP(=O)(O)O)[C@@H](O)[C@@H]2O)c(=O)[nH]1. The number of anilines is 1. The van der Waals surface area contributed by atoms with Crippen molar-refractivity contribution in [2.24, 2.45) is 0 Å². The summed E-state index contributed by atoms with van der Waals surface area (Å²) in [5.74, 6) is -0.236. The standard InChI is InChI=1S/C11H17N4O14P3/c12-11-13-8-4(9(18)14-11)1-2-15(8)10-7(17)6(16)5(27-10)3-26-31(22,23)29-32(24,25)28-30(19,20)21/h1-2,5-7,10,16-17H,3H2,(H,22,23)(H,24,25)(H2,19,20,21)(H3,12,13,14,18)/t5-,6-,7+,10-/m1/s1. The van der Waals surface area contributed by atoms with Gasteiger partial charge in [0, 0.05) is 6.20 Å². The first-order valence-electron chi connectivity index (χ1n) is 8.25. The fourth-order valence-electron chi connectivity index (χ4n) is 2.83. The van der Waals surface area contributed by atoms with Crippen molar-refractivity contribution in [2.75, 3.05) is 12.3 Å². The van der Waals surface area contributed by atoms with Gasteiger partial charge in [-0.05, 0) is 6.07 Å². The van der Waals surface area contributed by atoms with E-state index in [9.17, 15) is 33.6 Å². The fraction of sp³-hybridized carbons (Fsp3) is 0.455. The molecule has 0 aromatic carbocycles. The first-order chi connectivity index (χ1) is 14.6. The highest BCUT2D eigenvalue weighted by molar-refractivity contribution is 7.66. The number of nitrogen functional groups attached to an aromatic ring is 1. The lowest BCUT2D eigenvalue weighted by Gasteiger charge is -2.19. The largest absolute Gasteiger partial charge is 0.490 e. The minimum absolute atomic E-state index is 0.00367. The lowest BCUT2D eigenvalue weighted by Crippen LogP contribution is -2.33. The second kappa shape index (κ2) is 8.70. The third-order valence-corrected chi connectivity index (χ3v) is 7.83. The molecule has 21 heteroatoms. The summed E-state index contributed by atoms with van der Waals surface area (Å²) in [7, 11) is -16.7. The van der Waals surface area contributed by atoms with Crippen molar-refractivity contribution < 1.29 is 61.4 Å². The summed E-state index contributed by atoms with van der Waals surface area (Å²) in [4.78, 5) is 53.7. The Hall–Kier alpha value is -1.49. The quantitative estimate of drug-likeness (QED) is 0.179. The molecule has 2 aromatic heterocycles. The summed E-state index contributed by atoms with van der Waals surface area (Å²) < 4.78 is 51.8. The van der Waals surface area contributed by atoms with Crippen LogP contribution in [-0.2, 0) is 31.6 Å². The number of aliphatic hydroxyl groups excluding tert-OH is 2. The number of rotatable bonds is 8. The van der Waals surface area contributed by atoms with Crippen molar-refractivity contribution in [3.05, 3.63) is 22.6 Å². The molecule has 1 fully saturated rings. The van der Waals surface area contributed by atoms with Crippen LogP contribution in [-0.4, -0.2) is 69.2 Å². The molecule has 0 bridgehead atoms. The number of aliphatic hydroxyl groups is 2. The molecule has 6 atom stereocenters. The van der Waals surface area contributed by atoms with Gasteiger partial charge in [-0.15, -0.1) is 0 Å². The smallest absolute Gasteiger partial charge is 0.387 e. The Morgan fingerprint density at radius 3 is 2.41 bits per heavy atom. The van der Waals surface area contributed by atoms with E-state index in [1.807, 2.05) is 0 Å². The molecule has 0 saturated carbocycles. The van der Waals surface area contributed by atoms with Crippen LogP contribution in [0.25, 0.3) is 11.0 Å². The van der Waals surface area contributed by atoms with Crippen LogP contribution in [0.4, 0.5) is 5.95 Å². The monoisotopic (exact) mass is 522 g/mol. The number of aromatic nitrogens is 3. The van der Waals surface area contributed by atoms with Gasteiger partial charge in [0.05, 0.1) is 12.0 Å². The summed E-state index contributed by atoms with van der Waals surface area (Å²) in [6.45, 7) is -0.992. The topological polar surface area (TPSA) is 286 Å². The van der Waals surface area contributed by atoms with Gasteiger partial charge in [0.25, 0.3) is 5.56 Å². The zero-order valence-corrected chi connectivity index (χ0v) is 18.1. The molecule has 0 spiro atoms. The van der Waals surface area contributed by atoms with Crippen molar-refractivity contribution in [3.8, 4) is 0 Å². The zero-order valence-electron chi connectivity index (χ0n) is 15.4. The second-order valence-corrected chi connectivity index (χ2v) is 10.8. The van der Waals surface area contributed by atoms with Crippen LogP contribution in [0.3, 0.4) is 0 Å². The predicted molar refractivity (Wildman–Crippen MR) is 101 cm³/mol. The number of nitrogens with zero attached hydrogens (tertiary/aromatic N) is 2. The van der Waals surface area contributed by atoms with Crippen LogP contribution in [0.1, 0.15) is 6.23 Å². The number of hydrogen-bond acceptors (Lipinski definition) is 12. The third-order valence-electron chi connectivity index (χ3n) is 4.03. The number of H-pyrrole nitrogens is 1. The van der Waals surface area contributed by atoms with Crippen molar-refractivity contribution in [1.82, 2.24) is 14.5 Å². The van der Waals surface area contributed by atoms with Crippen molar-refractivity contribution in [1.29, 1.82) is 0 Å². The lowest BCUT2D eigenvalue weighted by atomic mass is 10.1. The normalized spacial score (nSPS) is 27.9. The molecular formula is C11H17N4O14P3. The summed E-state index contributed by atoms with van der Waals surface area (Å²) in [6.07, 6.45) is -4.92. The molecule has 0 amide bonds. The van der Waals surface area contributed by atoms with Gasteiger partial charge in [-0.25, -0.2) is 13.7 Å². The molecule has 9 N–H and O–H groups in total. The van der Waals surface area contributed by atoms with E-state index in [1.54, 1.807) is 0 Å². The highest BCUT2D eigenvalue weighted by Gasteiger charge is 2.46. The highest BCUT2D eigenvalue weighted by Crippen LogP contribution is 2.66. The molecule has 180 valence electrons. The molecule has 32 heavy (non-hydrogen) atoms. The number of fused-ring (bicyclic) bond motifs is 1. The zero-order chi connectivity index (χ0) is 24.1. The maximum Gasteiger partial charge on any atom is 0.490 e. The van der Waals surface area contributed by atoms with Crippen LogP contribution >= 0.6 is 23.5 Å². The molecule has 0 radical (unpaired) electrons. The number of nitrogens with two attached hydrogens (primary N) is 1. The average Bonchev–Trinajstić information content (AvgIpc) is 3.12. The van der Waals surface area contributed by atoms with E-state index in [1.165, 1.54) is 16.8 Å². The fourth-order valence-corrected chi connectivity index (χ4v) is 5.86. The maximum atomic E-state index is 11.9. The molecule has 1 aliphatic heterocycles. The van der Waals surface area contributed by atoms with E-state index in [2.05, 4.69) is 23.1 Å². The average molecular weight is 522 g/mol. The lowest BCUT2D eigenvalue weighted by molar-refractivity contribution is -0.0500. The van der Waals surface area contributed by atoms with Crippen LogP contribution in [0, 0.1) is 0 Å². The van der Waals surface area contributed by atoms with Crippen molar-refractivity contribution in [2.45, 2.75) is 24.5 Å². The van der Waals surface area contributed by atoms with Gasteiger partial charge in [-0.1, -0.05) is 0 Å².